The average molecular weight is 230 g/mol. The van der Waals surface area contributed by atoms with Crippen molar-refractivity contribution in [2.75, 3.05) is 18.1 Å². The van der Waals surface area contributed by atoms with Gasteiger partial charge in [0, 0.05) is 12.3 Å². The first-order chi connectivity index (χ1) is 7.12. The van der Waals surface area contributed by atoms with Gasteiger partial charge in [-0.15, -0.1) is 0 Å². The quantitative estimate of drug-likeness (QED) is 0.691. The van der Waals surface area contributed by atoms with Crippen molar-refractivity contribution in [3.05, 3.63) is 0 Å². The van der Waals surface area contributed by atoms with Crippen molar-refractivity contribution in [3.63, 3.8) is 0 Å². The molecule has 2 aliphatic rings. The second kappa shape index (κ2) is 4.44. The van der Waals surface area contributed by atoms with Crippen molar-refractivity contribution in [3.8, 4) is 0 Å². The van der Waals surface area contributed by atoms with E-state index < -0.39 is 5.79 Å². The minimum Gasteiger partial charge on any atom is -0.348 e. The van der Waals surface area contributed by atoms with Crippen LogP contribution in [0.2, 0.25) is 0 Å². The maximum Gasteiger partial charge on any atom is 0.163 e. The molecule has 0 spiro atoms. The van der Waals surface area contributed by atoms with Gasteiger partial charge in [0.1, 0.15) is 6.29 Å². The van der Waals surface area contributed by atoms with E-state index in [-0.39, 0.29) is 6.10 Å². The van der Waals surface area contributed by atoms with Gasteiger partial charge in [-0.05, 0) is 31.3 Å². The molecule has 0 aromatic rings. The maximum atomic E-state index is 10.6. The molecule has 3 atom stereocenters. The molecule has 3 nitrogen and oxygen atoms in total. The molecule has 0 saturated carbocycles. The highest BCUT2D eigenvalue weighted by atomic mass is 32.2. The second-order valence-corrected chi connectivity index (χ2v) is 5.81. The smallest absolute Gasteiger partial charge is 0.163 e. The van der Waals surface area contributed by atoms with E-state index in [2.05, 4.69) is 0 Å². The molecule has 0 bridgehead atoms. The molecule has 3 unspecified atom stereocenters. The van der Waals surface area contributed by atoms with E-state index in [1.54, 1.807) is 0 Å². The van der Waals surface area contributed by atoms with Crippen LogP contribution in [0.5, 0.6) is 0 Å². The van der Waals surface area contributed by atoms with Crippen LogP contribution in [0.15, 0.2) is 0 Å². The van der Waals surface area contributed by atoms with Gasteiger partial charge in [-0.25, -0.2) is 0 Å². The zero-order valence-electron chi connectivity index (χ0n) is 9.27. The Morgan fingerprint density at radius 3 is 2.87 bits per heavy atom. The number of hydrogen-bond acceptors (Lipinski definition) is 4. The summed E-state index contributed by atoms with van der Waals surface area (Å²) in [5, 5.41) is 0. The van der Waals surface area contributed by atoms with Crippen LogP contribution in [0.3, 0.4) is 0 Å². The van der Waals surface area contributed by atoms with Crippen LogP contribution in [-0.2, 0) is 14.3 Å². The van der Waals surface area contributed by atoms with E-state index in [4.69, 9.17) is 9.47 Å². The third-order valence-corrected chi connectivity index (χ3v) is 4.44. The number of rotatable bonds is 3. The Kier molecular flexibility index (Phi) is 3.38. The molecule has 2 rings (SSSR count). The molecule has 0 amide bonds. The number of ether oxygens (including phenoxy) is 2. The highest BCUT2D eigenvalue weighted by molar-refractivity contribution is 7.99. The third kappa shape index (κ3) is 2.55. The Morgan fingerprint density at radius 2 is 2.27 bits per heavy atom. The van der Waals surface area contributed by atoms with Gasteiger partial charge in [-0.3, -0.25) is 0 Å². The SMILES string of the molecule is CC1(C)OCC(C2CSCC2CC=O)O1. The average Bonchev–Trinajstić information content (AvgIpc) is 2.72. The number of aldehydes is 1. The van der Waals surface area contributed by atoms with E-state index in [0.29, 0.717) is 24.9 Å². The minimum absolute atomic E-state index is 0.181. The van der Waals surface area contributed by atoms with E-state index in [0.717, 1.165) is 17.8 Å². The lowest BCUT2D eigenvalue weighted by Gasteiger charge is -2.24. The first kappa shape index (κ1) is 11.4. The first-order valence-electron chi connectivity index (χ1n) is 5.45. The zero-order chi connectivity index (χ0) is 10.9. The van der Waals surface area contributed by atoms with Crippen LogP contribution in [0, 0.1) is 11.8 Å². The van der Waals surface area contributed by atoms with Crippen LogP contribution in [0.1, 0.15) is 20.3 Å². The van der Waals surface area contributed by atoms with Gasteiger partial charge in [-0.2, -0.15) is 11.8 Å². The molecule has 2 saturated heterocycles. The summed E-state index contributed by atoms with van der Waals surface area (Å²) in [6, 6.07) is 0. The molecule has 4 heteroatoms. The Hall–Kier alpha value is -0.0600. The highest BCUT2D eigenvalue weighted by Gasteiger charge is 2.42. The zero-order valence-corrected chi connectivity index (χ0v) is 10.1. The Bertz CT molecular complexity index is 242. The Labute approximate surface area is 94.9 Å². The van der Waals surface area contributed by atoms with E-state index >= 15 is 0 Å². The summed E-state index contributed by atoms with van der Waals surface area (Å²) in [7, 11) is 0. The van der Waals surface area contributed by atoms with Crippen molar-refractivity contribution in [2.24, 2.45) is 11.8 Å². The van der Waals surface area contributed by atoms with E-state index in [9.17, 15) is 4.79 Å². The van der Waals surface area contributed by atoms with Crippen molar-refractivity contribution < 1.29 is 14.3 Å². The molecule has 0 aromatic carbocycles. The van der Waals surface area contributed by atoms with Gasteiger partial charge in [0.25, 0.3) is 0 Å². The lowest BCUT2D eigenvalue weighted by molar-refractivity contribution is -0.145. The molecule has 0 N–H and O–H groups in total. The summed E-state index contributed by atoms with van der Waals surface area (Å²) in [5.74, 6) is 2.72. The summed E-state index contributed by atoms with van der Waals surface area (Å²) in [6.07, 6.45) is 1.88. The van der Waals surface area contributed by atoms with Crippen LogP contribution < -0.4 is 0 Å². The molecule has 0 radical (unpaired) electrons. The summed E-state index contributed by atoms with van der Waals surface area (Å²) >= 11 is 1.92. The van der Waals surface area contributed by atoms with E-state index in [1.165, 1.54) is 0 Å². The summed E-state index contributed by atoms with van der Waals surface area (Å²) < 4.78 is 11.4. The van der Waals surface area contributed by atoms with Gasteiger partial charge >= 0.3 is 0 Å². The van der Waals surface area contributed by atoms with Crippen molar-refractivity contribution in [2.45, 2.75) is 32.2 Å². The third-order valence-electron chi connectivity index (χ3n) is 3.15. The molecule has 0 aromatic heterocycles. The fourth-order valence-corrected chi connectivity index (χ4v) is 3.90. The molecule has 2 fully saturated rings. The van der Waals surface area contributed by atoms with Crippen molar-refractivity contribution in [1.82, 2.24) is 0 Å². The van der Waals surface area contributed by atoms with E-state index in [1.807, 2.05) is 25.6 Å². The Morgan fingerprint density at radius 1 is 1.47 bits per heavy atom. The molecule has 15 heavy (non-hydrogen) atoms. The molecular formula is C11H18O3S. The maximum absolute atomic E-state index is 10.6. The molecule has 2 heterocycles. The summed E-state index contributed by atoms with van der Waals surface area (Å²) in [5.41, 5.74) is 0. The highest BCUT2D eigenvalue weighted by Crippen LogP contribution is 2.39. The molecule has 2 aliphatic heterocycles. The lowest BCUT2D eigenvalue weighted by Crippen LogP contribution is -2.31. The molecule has 86 valence electrons. The van der Waals surface area contributed by atoms with Crippen molar-refractivity contribution in [1.29, 1.82) is 0 Å². The normalized spacial score (nSPS) is 39.5. The van der Waals surface area contributed by atoms with Crippen LogP contribution in [0.25, 0.3) is 0 Å². The predicted molar refractivity (Wildman–Crippen MR) is 59.9 cm³/mol. The fraction of sp³-hybridized carbons (Fsp3) is 0.909. The van der Waals surface area contributed by atoms with Crippen LogP contribution >= 0.6 is 11.8 Å². The van der Waals surface area contributed by atoms with Gasteiger partial charge in [0.2, 0.25) is 0 Å². The molecular weight excluding hydrogens is 212 g/mol. The predicted octanol–water partition coefficient (Wildman–Crippen LogP) is 1.71. The number of carbonyl (C=O) groups excluding carboxylic acids is 1. The number of carbonyl (C=O) groups is 1. The van der Waals surface area contributed by atoms with Crippen molar-refractivity contribution >= 4 is 18.0 Å². The topological polar surface area (TPSA) is 35.5 Å². The van der Waals surface area contributed by atoms with Crippen LogP contribution in [0.4, 0.5) is 0 Å². The van der Waals surface area contributed by atoms with Gasteiger partial charge in [0.15, 0.2) is 5.79 Å². The summed E-state index contributed by atoms with van der Waals surface area (Å²) in [6.45, 7) is 4.57. The monoisotopic (exact) mass is 230 g/mol. The second-order valence-electron chi connectivity index (χ2n) is 4.73. The number of thioether (sulfide) groups is 1. The standard InChI is InChI=1S/C11H18O3S/c1-11(2)13-5-10(14-11)9-7-15-6-8(9)3-4-12/h4,8-10H,3,5-7H2,1-2H3. The summed E-state index contributed by atoms with van der Waals surface area (Å²) in [4.78, 5) is 10.6. The lowest BCUT2D eigenvalue weighted by atomic mass is 9.89. The minimum atomic E-state index is -0.441. The van der Waals surface area contributed by atoms with Gasteiger partial charge < -0.3 is 14.3 Å². The van der Waals surface area contributed by atoms with Gasteiger partial charge in [0.05, 0.1) is 12.7 Å². The molecule has 0 aliphatic carbocycles. The Balaban J connectivity index is 1.95. The fourth-order valence-electron chi connectivity index (χ4n) is 2.32. The number of hydrogen-bond donors (Lipinski definition) is 0. The largest absolute Gasteiger partial charge is 0.348 e. The van der Waals surface area contributed by atoms with Gasteiger partial charge in [-0.1, -0.05) is 0 Å². The van der Waals surface area contributed by atoms with Crippen LogP contribution in [-0.4, -0.2) is 36.3 Å². The first-order valence-corrected chi connectivity index (χ1v) is 6.61.